The second-order valence-electron chi connectivity index (χ2n) is 5.41. The van der Waals surface area contributed by atoms with Gasteiger partial charge < -0.3 is 5.11 Å². The highest BCUT2D eigenvalue weighted by molar-refractivity contribution is 7.89. The van der Waals surface area contributed by atoms with Crippen LogP contribution in [-0.4, -0.2) is 24.6 Å². The van der Waals surface area contributed by atoms with Crippen molar-refractivity contribution in [2.45, 2.75) is 56.7 Å². The van der Waals surface area contributed by atoms with Crippen molar-refractivity contribution in [2.24, 2.45) is 5.92 Å². The summed E-state index contributed by atoms with van der Waals surface area (Å²) in [6.07, 6.45) is 6.52. The van der Waals surface area contributed by atoms with Gasteiger partial charge in [-0.25, -0.2) is 18.1 Å². The monoisotopic (exact) mass is 298 g/mol. The predicted octanol–water partition coefficient (Wildman–Crippen LogP) is 1.82. The molecule has 0 saturated heterocycles. The second kappa shape index (κ2) is 6.65. The molecule has 0 bridgehead atoms. The molecule has 2 N–H and O–H groups in total. The Morgan fingerprint density at radius 3 is 2.50 bits per heavy atom. The van der Waals surface area contributed by atoms with Crippen LogP contribution < -0.4 is 4.72 Å². The number of aliphatic hydroxyl groups excluding tert-OH is 1. The molecule has 0 unspecified atom stereocenters. The summed E-state index contributed by atoms with van der Waals surface area (Å²) in [7, 11) is -3.55. The molecule has 1 aliphatic rings. The Hall–Kier alpha value is -0.980. The van der Waals surface area contributed by atoms with Crippen molar-refractivity contribution in [3.63, 3.8) is 0 Å². The van der Waals surface area contributed by atoms with E-state index in [9.17, 15) is 8.42 Å². The van der Waals surface area contributed by atoms with Gasteiger partial charge in [-0.15, -0.1) is 0 Å². The van der Waals surface area contributed by atoms with Crippen LogP contribution in [0.5, 0.6) is 0 Å². The quantitative estimate of drug-likeness (QED) is 0.869. The fourth-order valence-electron chi connectivity index (χ4n) is 2.63. The first kappa shape index (κ1) is 15.4. The van der Waals surface area contributed by atoms with Crippen molar-refractivity contribution in [3.8, 4) is 0 Å². The van der Waals surface area contributed by atoms with Gasteiger partial charge in [-0.2, -0.15) is 0 Å². The predicted molar refractivity (Wildman–Crippen MR) is 76.5 cm³/mol. The Kier molecular flexibility index (Phi) is 5.12. The summed E-state index contributed by atoms with van der Waals surface area (Å²) in [5.74, 6) is 0.734. The van der Waals surface area contributed by atoms with Crippen molar-refractivity contribution >= 4 is 10.0 Å². The van der Waals surface area contributed by atoms with E-state index in [1.807, 2.05) is 0 Å². The smallest absolute Gasteiger partial charge is 0.258 e. The highest BCUT2D eigenvalue weighted by Gasteiger charge is 2.25. The van der Waals surface area contributed by atoms with E-state index in [-0.39, 0.29) is 17.7 Å². The van der Waals surface area contributed by atoms with E-state index in [2.05, 4.69) is 16.6 Å². The van der Waals surface area contributed by atoms with Gasteiger partial charge in [-0.3, -0.25) is 0 Å². The van der Waals surface area contributed by atoms with E-state index in [0.717, 1.165) is 31.6 Å². The maximum Gasteiger partial charge on any atom is 0.258 e. The largest absolute Gasteiger partial charge is 0.392 e. The fraction of sp³-hybridized carbons (Fsp3) is 0.643. The molecule has 20 heavy (non-hydrogen) atoms. The summed E-state index contributed by atoms with van der Waals surface area (Å²) < 4.78 is 27.2. The normalized spacial score (nSPS) is 23.7. The van der Waals surface area contributed by atoms with E-state index in [1.54, 1.807) is 6.07 Å². The summed E-state index contributed by atoms with van der Waals surface area (Å²) in [5, 5.41) is 8.96. The van der Waals surface area contributed by atoms with Crippen LogP contribution in [0.3, 0.4) is 0 Å². The van der Waals surface area contributed by atoms with Crippen molar-refractivity contribution in [3.05, 3.63) is 23.9 Å². The van der Waals surface area contributed by atoms with Crippen LogP contribution in [0.1, 0.15) is 44.6 Å². The average molecular weight is 298 g/mol. The van der Waals surface area contributed by atoms with Gasteiger partial charge >= 0.3 is 0 Å². The summed E-state index contributed by atoms with van der Waals surface area (Å²) in [6, 6.07) is 3.03. The van der Waals surface area contributed by atoms with Crippen LogP contribution in [0.4, 0.5) is 0 Å². The lowest BCUT2D eigenvalue weighted by atomic mass is 9.85. The van der Waals surface area contributed by atoms with Gasteiger partial charge in [0.1, 0.15) is 0 Å². The number of nitrogens with one attached hydrogen (secondary N) is 1. The van der Waals surface area contributed by atoms with E-state index < -0.39 is 10.0 Å². The molecule has 0 radical (unpaired) electrons. The first-order chi connectivity index (χ1) is 9.55. The third-order valence-electron chi connectivity index (χ3n) is 4.00. The topological polar surface area (TPSA) is 79.3 Å². The summed E-state index contributed by atoms with van der Waals surface area (Å²) in [5.41, 5.74) is 0.604. The summed E-state index contributed by atoms with van der Waals surface area (Å²) in [6.45, 7) is 2.05. The van der Waals surface area contributed by atoms with Gasteiger partial charge in [-0.05, 0) is 43.2 Å². The molecule has 1 heterocycles. The van der Waals surface area contributed by atoms with Crippen LogP contribution in [-0.2, 0) is 16.6 Å². The average Bonchev–Trinajstić information content (AvgIpc) is 2.48. The number of aromatic nitrogens is 1. The van der Waals surface area contributed by atoms with Gasteiger partial charge in [0.05, 0.1) is 6.61 Å². The van der Waals surface area contributed by atoms with Crippen LogP contribution in [0.2, 0.25) is 0 Å². The maximum absolute atomic E-state index is 12.2. The standard InChI is InChI=1S/C14H22N2O3S/c1-2-11-3-6-13(7-4-11)16-20(18,19)14-8-5-12(10-17)9-15-14/h5,8-9,11,13,16-17H,2-4,6-7,10H2,1H3. The number of pyridine rings is 1. The molecule has 1 saturated carbocycles. The Morgan fingerprint density at radius 2 is 2.00 bits per heavy atom. The summed E-state index contributed by atoms with van der Waals surface area (Å²) >= 11 is 0. The van der Waals surface area contributed by atoms with Gasteiger partial charge in [0.2, 0.25) is 0 Å². The van der Waals surface area contributed by atoms with E-state index >= 15 is 0 Å². The van der Waals surface area contributed by atoms with Crippen molar-refractivity contribution in [2.75, 3.05) is 0 Å². The third-order valence-corrected chi connectivity index (χ3v) is 5.44. The fourth-order valence-corrected chi connectivity index (χ4v) is 3.87. The van der Waals surface area contributed by atoms with Crippen LogP contribution in [0, 0.1) is 5.92 Å². The zero-order chi connectivity index (χ0) is 14.6. The first-order valence-corrected chi connectivity index (χ1v) is 8.61. The zero-order valence-electron chi connectivity index (χ0n) is 11.7. The lowest BCUT2D eigenvalue weighted by molar-refractivity contribution is 0.281. The highest BCUT2D eigenvalue weighted by Crippen LogP contribution is 2.27. The molecule has 2 rings (SSSR count). The van der Waals surface area contributed by atoms with Gasteiger partial charge in [0.15, 0.2) is 5.03 Å². The Bertz CT molecular complexity index is 520. The number of aliphatic hydroxyl groups is 1. The second-order valence-corrected chi connectivity index (χ2v) is 7.07. The molecule has 0 aromatic carbocycles. The molecule has 1 aromatic heterocycles. The van der Waals surface area contributed by atoms with Crippen LogP contribution in [0.25, 0.3) is 0 Å². The molecule has 0 aliphatic heterocycles. The molecule has 0 atom stereocenters. The molecular weight excluding hydrogens is 276 g/mol. The van der Waals surface area contributed by atoms with E-state index in [4.69, 9.17) is 5.11 Å². The SMILES string of the molecule is CCC1CCC(NS(=O)(=O)c2ccc(CO)cn2)CC1. The lowest BCUT2D eigenvalue weighted by Gasteiger charge is -2.28. The number of nitrogens with zero attached hydrogens (tertiary/aromatic N) is 1. The minimum Gasteiger partial charge on any atom is -0.392 e. The zero-order valence-corrected chi connectivity index (χ0v) is 12.6. The molecule has 0 spiro atoms. The number of sulfonamides is 1. The molecule has 1 aromatic rings. The van der Waals surface area contributed by atoms with Gasteiger partial charge in [0.25, 0.3) is 10.0 Å². The Labute approximate surface area is 120 Å². The van der Waals surface area contributed by atoms with E-state index in [1.165, 1.54) is 18.7 Å². The number of rotatable bonds is 5. The minimum atomic E-state index is -3.55. The van der Waals surface area contributed by atoms with Crippen LogP contribution >= 0.6 is 0 Å². The minimum absolute atomic E-state index is 0.0159. The molecule has 1 aliphatic carbocycles. The molecule has 5 nitrogen and oxygen atoms in total. The van der Waals surface area contributed by atoms with Gasteiger partial charge in [0, 0.05) is 12.2 Å². The third kappa shape index (κ3) is 3.77. The molecule has 1 fully saturated rings. The van der Waals surface area contributed by atoms with E-state index in [0.29, 0.717) is 5.56 Å². The highest BCUT2D eigenvalue weighted by atomic mass is 32.2. The number of hydrogen-bond donors (Lipinski definition) is 2. The van der Waals surface area contributed by atoms with Gasteiger partial charge in [-0.1, -0.05) is 19.4 Å². The lowest BCUT2D eigenvalue weighted by Crippen LogP contribution is -2.37. The first-order valence-electron chi connectivity index (χ1n) is 7.13. The Morgan fingerprint density at radius 1 is 1.30 bits per heavy atom. The molecule has 112 valence electrons. The molecule has 0 amide bonds. The van der Waals surface area contributed by atoms with Crippen molar-refractivity contribution in [1.29, 1.82) is 0 Å². The van der Waals surface area contributed by atoms with Crippen LogP contribution in [0.15, 0.2) is 23.4 Å². The molecular formula is C14H22N2O3S. The number of hydrogen-bond acceptors (Lipinski definition) is 4. The summed E-state index contributed by atoms with van der Waals surface area (Å²) in [4.78, 5) is 3.91. The molecule has 6 heteroatoms. The van der Waals surface area contributed by atoms with Crippen molar-refractivity contribution < 1.29 is 13.5 Å². The maximum atomic E-state index is 12.2. The Balaban J connectivity index is 2.00. The van der Waals surface area contributed by atoms with Crippen molar-refractivity contribution in [1.82, 2.24) is 9.71 Å².